The first-order chi connectivity index (χ1) is 7.15. The van der Waals surface area contributed by atoms with Gasteiger partial charge in [-0.05, 0) is 26.7 Å². The predicted octanol–water partition coefficient (Wildman–Crippen LogP) is 1.02. The molecule has 1 unspecified atom stereocenters. The van der Waals surface area contributed by atoms with Crippen LogP contribution in [0.3, 0.4) is 0 Å². The lowest BCUT2D eigenvalue weighted by atomic mass is 10.1. The first-order valence-corrected chi connectivity index (χ1v) is 5.27. The number of hydrogen-bond donors (Lipinski definition) is 1. The molecule has 0 aromatic heterocycles. The van der Waals surface area contributed by atoms with Crippen molar-refractivity contribution in [2.24, 2.45) is 5.92 Å². The lowest BCUT2D eigenvalue weighted by Gasteiger charge is -2.15. The van der Waals surface area contributed by atoms with Gasteiger partial charge >= 0.3 is 5.97 Å². The summed E-state index contributed by atoms with van der Waals surface area (Å²) in [6, 6.07) is -0.557. The summed E-state index contributed by atoms with van der Waals surface area (Å²) in [6.45, 7) is 3.72. The highest BCUT2D eigenvalue weighted by Gasteiger charge is 2.23. The lowest BCUT2D eigenvalue weighted by molar-refractivity contribution is -0.147. The van der Waals surface area contributed by atoms with Crippen molar-refractivity contribution in [2.45, 2.75) is 32.7 Å². The van der Waals surface area contributed by atoms with Gasteiger partial charge in [0.25, 0.3) is 0 Å². The summed E-state index contributed by atoms with van der Waals surface area (Å²) < 4.78 is 4.80. The fourth-order valence-electron chi connectivity index (χ4n) is 1.49. The monoisotopic (exact) mass is 211 g/mol. The molecule has 0 radical (unpaired) electrons. The second-order valence-corrected chi connectivity index (χ2v) is 3.62. The molecule has 0 aromatic carbocycles. The molecule has 0 fully saturated rings. The highest BCUT2D eigenvalue weighted by molar-refractivity contribution is 5.85. The van der Waals surface area contributed by atoms with Crippen LogP contribution in [-0.4, -0.2) is 24.5 Å². The van der Waals surface area contributed by atoms with Gasteiger partial charge in [0.05, 0.1) is 6.61 Å². The Balaban J connectivity index is 2.33. The SMILES string of the molecule is CCOC(=O)C(C)NC(=O)C1CC=CC1. The first-order valence-electron chi connectivity index (χ1n) is 5.27. The van der Waals surface area contributed by atoms with Gasteiger partial charge in [0, 0.05) is 5.92 Å². The van der Waals surface area contributed by atoms with E-state index < -0.39 is 6.04 Å². The van der Waals surface area contributed by atoms with E-state index in [1.165, 1.54) is 0 Å². The van der Waals surface area contributed by atoms with Crippen LogP contribution in [0.15, 0.2) is 12.2 Å². The van der Waals surface area contributed by atoms with Gasteiger partial charge in [-0.3, -0.25) is 4.79 Å². The number of nitrogens with one attached hydrogen (secondary N) is 1. The fourth-order valence-corrected chi connectivity index (χ4v) is 1.49. The molecule has 1 aliphatic rings. The van der Waals surface area contributed by atoms with Crippen molar-refractivity contribution in [1.29, 1.82) is 0 Å². The van der Waals surface area contributed by atoms with Gasteiger partial charge in [-0.15, -0.1) is 0 Å². The number of ether oxygens (including phenoxy) is 1. The number of hydrogen-bond acceptors (Lipinski definition) is 3. The largest absolute Gasteiger partial charge is 0.464 e. The number of amides is 1. The minimum Gasteiger partial charge on any atom is -0.464 e. The molecule has 0 saturated carbocycles. The summed E-state index contributed by atoms with van der Waals surface area (Å²) in [5, 5.41) is 2.65. The highest BCUT2D eigenvalue weighted by atomic mass is 16.5. The molecular weight excluding hydrogens is 194 g/mol. The molecule has 1 aliphatic carbocycles. The summed E-state index contributed by atoms with van der Waals surface area (Å²) in [7, 11) is 0. The Morgan fingerprint density at radius 2 is 2.07 bits per heavy atom. The molecule has 0 spiro atoms. The third kappa shape index (κ3) is 3.38. The van der Waals surface area contributed by atoms with E-state index in [9.17, 15) is 9.59 Å². The zero-order valence-electron chi connectivity index (χ0n) is 9.16. The number of rotatable bonds is 4. The van der Waals surface area contributed by atoms with E-state index in [1.54, 1.807) is 13.8 Å². The number of carbonyl (C=O) groups is 2. The van der Waals surface area contributed by atoms with Crippen LogP contribution in [-0.2, 0) is 14.3 Å². The maximum Gasteiger partial charge on any atom is 0.328 e. The molecule has 1 N–H and O–H groups in total. The van der Waals surface area contributed by atoms with E-state index in [4.69, 9.17) is 4.74 Å². The van der Waals surface area contributed by atoms with E-state index in [1.807, 2.05) is 12.2 Å². The fraction of sp³-hybridized carbons (Fsp3) is 0.636. The van der Waals surface area contributed by atoms with Gasteiger partial charge in [0.2, 0.25) is 5.91 Å². The van der Waals surface area contributed by atoms with Crippen LogP contribution < -0.4 is 5.32 Å². The van der Waals surface area contributed by atoms with Gasteiger partial charge in [0.1, 0.15) is 6.04 Å². The first kappa shape index (κ1) is 11.8. The van der Waals surface area contributed by atoms with Gasteiger partial charge in [-0.1, -0.05) is 12.2 Å². The molecule has 0 aromatic rings. The van der Waals surface area contributed by atoms with Gasteiger partial charge in [0.15, 0.2) is 0 Å². The molecule has 0 bridgehead atoms. The summed E-state index contributed by atoms with van der Waals surface area (Å²) in [4.78, 5) is 22.8. The molecular formula is C11H17NO3. The van der Waals surface area contributed by atoms with E-state index in [2.05, 4.69) is 5.32 Å². The second-order valence-electron chi connectivity index (χ2n) is 3.62. The van der Waals surface area contributed by atoms with E-state index in [0.29, 0.717) is 6.61 Å². The second kappa shape index (κ2) is 5.53. The quantitative estimate of drug-likeness (QED) is 0.558. The molecule has 84 valence electrons. The van der Waals surface area contributed by atoms with Crippen molar-refractivity contribution >= 4 is 11.9 Å². The van der Waals surface area contributed by atoms with Crippen molar-refractivity contribution in [2.75, 3.05) is 6.61 Å². The Morgan fingerprint density at radius 3 is 2.60 bits per heavy atom. The van der Waals surface area contributed by atoms with E-state index >= 15 is 0 Å². The molecule has 4 nitrogen and oxygen atoms in total. The molecule has 4 heteroatoms. The van der Waals surface area contributed by atoms with Crippen molar-refractivity contribution < 1.29 is 14.3 Å². The Kier molecular flexibility index (Phi) is 4.34. The number of allylic oxidation sites excluding steroid dienone is 2. The van der Waals surface area contributed by atoms with Crippen LogP contribution in [0.5, 0.6) is 0 Å². The van der Waals surface area contributed by atoms with Crippen LogP contribution in [0.4, 0.5) is 0 Å². The van der Waals surface area contributed by atoms with Crippen molar-refractivity contribution in [3.8, 4) is 0 Å². The van der Waals surface area contributed by atoms with Crippen LogP contribution in [0.2, 0.25) is 0 Å². The van der Waals surface area contributed by atoms with Gasteiger partial charge in [-0.2, -0.15) is 0 Å². The molecule has 1 rings (SSSR count). The third-order valence-corrected chi connectivity index (χ3v) is 2.38. The zero-order valence-corrected chi connectivity index (χ0v) is 9.16. The molecule has 0 heterocycles. The van der Waals surface area contributed by atoms with Crippen molar-refractivity contribution in [3.63, 3.8) is 0 Å². The van der Waals surface area contributed by atoms with E-state index in [-0.39, 0.29) is 17.8 Å². The van der Waals surface area contributed by atoms with Crippen LogP contribution in [0, 0.1) is 5.92 Å². The van der Waals surface area contributed by atoms with Gasteiger partial charge < -0.3 is 10.1 Å². The number of carbonyl (C=O) groups excluding carboxylic acids is 2. The summed E-state index contributed by atoms with van der Waals surface area (Å²) in [5.74, 6) is -0.459. The molecule has 15 heavy (non-hydrogen) atoms. The Labute approximate surface area is 89.7 Å². The average molecular weight is 211 g/mol. The Hall–Kier alpha value is -1.32. The summed E-state index contributed by atoms with van der Waals surface area (Å²) in [6.07, 6.45) is 5.50. The molecule has 1 atom stereocenters. The summed E-state index contributed by atoms with van der Waals surface area (Å²) >= 11 is 0. The topological polar surface area (TPSA) is 55.4 Å². The van der Waals surface area contributed by atoms with Crippen LogP contribution >= 0.6 is 0 Å². The third-order valence-electron chi connectivity index (χ3n) is 2.38. The van der Waals surface area contributed by atoms with Crippen molar-refractivity contribution in [3.05, 3.63) is 12.2 Å². The van der Waals surface area contributed by atoms with E-state index in [0.717, 1.165) is 12.8 Å². The molecule has 1 amide bonds. The van der Waals surface area contributed by atoms with Crippen molar-refractivity contribution in [1.82, 2.24) is 5.32 Å². The Bertz CT molecular complexity index is 265. The van der Waals surface area contributed by atoms with Crippen LogP contribution in [0.1, 0.15) is 26.7 Å². The number of esters is 1. The van der Waals surface area contributed by atoms with Gasteiger partial charge in [-0.25, -0.2) is 4.79 Å². The predicted molar refractivity (Wildman–Crippen MR) is 56.1 cm³/mol. The summed E-state index contributed by atoms with van der Waals surface area (Å²) in [5.41, 5.74) is 0. The van der Waals surface area contributed by atoms with Crippen LogP contribution in [0.25, 0.3) is 0 Å². The smallest absolute Gasteiger partial charge is 0.328 e. The minimum absolute atomic E-state index is 0.0122. The highest BCUT2D eigenvalue weighted by Crippen LogP contribution is 2.17. The average Bonchev–Trinajstić information content (AvgIpc) is 2.70. The minimum atomic E-state index is -0.557. The lowest BCUT2D eigenvalue weighted by Crippen LogP contribution is -2.42. The maximum absolute atomic E-state index is 11.6. The molecule has 0 saturated heterocycles. The standard InChI is InChI=1S/C11H17NO3/c1-3-15-11(14)8(2)12-10(13)9-6-4-5-7-9/h4-5,8-9H,3,6-7H2,1-2H3,(H,12,13). The molecule has 0 aliphatic heterocycles. The normalized spacial score (nSPS) is 17.5. The Morgan fingerprint density at radius 1 is 1.47 bits per heavy atom. The zero-order chi connectivity index (χ0) is 11.3. The maximum atomic E-state index is 11.6.